The van der Waals surface area contributed by atoms with Crippen LogP contribution in [0, 0.1) is 11.3 Å². The van der Waals surface area contributed by atoms with Crippen LogP contribution in [0.4, 0.5) is 0 Å². The molecule has 3 unspecified atom stereocenters. The summed E-state index contributed by atoms with van der Waals surface area (Å²) in [5.41, 5.74) is 0.654. The van der Waals surface area contributed by atoms with E-state index in [0.29, 0.717) is 5.41 Å². The molecule has 0 aromatic carbocycles. The molecule has 2 aliphatic carbocycles. The zero-order valence-corrected chi connectivity index (χ0v) is 7.97. The molecular weight excluding hydrogens is 146 g/mol. The Balaban J connectivity index is 1.91. The van der Waals surface area contributed by atoms with Crippen LogP contribution in [-0.2, 0) is 0 Å². The minimum absolute atomic E-state index is 0.654. The maximum atomic E-state index is 3.74. The van der Waals surface area contributed by atoms with Crippen molar-refractivity contribution in [3.05, 3.63) is 12.7 Å². The van der Waals surface area contributed by atoms with Crippen LogP contribution in [0.5, 0.6) is 0 Å². The monoisotopic (exact) mass is 165 g/mol. The van der Waals surface area contributed by atoms with E-state index in [9.17, 15) is 0 Å². The van der Waals surface area contributed by atoms with Gasteiger partial charge in [0.2, 0.25) is 0 Å². The van der Waals surface area contributed by atoms with Crippen LogP contribution in [-0.4, -0.2) is 12.6 Å². The van der Waals surface area contributed by atoms with Crippen LogP contribution in [0.3, 0.4) is 0 Å². The maximum absolute atomic E-state index is 3.74. The standard InChI is InChI=1S/C11H19N/c1-3-7-12-10-6-4-5-9-8-11(9,10)2/h3,9-10,12H,1,4-8H2,2H3. The van der Waals surface area contributed by atoms with Crippen LogP contribution in [0.1, 0.15) is 32.6 Å². The van der Waals surface area contributed by atoms with Crippen molar-refractivity contribution in [3.8, 4) is 0 Å². The van der Waals surface area contributed by atoms with Crippen LogP contribution in [0.25, 0.3) is 0 Å². The smallest absolute Gasteiger partial charge is 0.0135 e. The van der Waals surface area contributed by atoms with Gasteiger partial charge in [0.1, 0.15) is 0 Å². The minimum atomic E-state index is 0.654. The maximum Gasteiger partial charge on any atom is 0.0135 e. The van der Waals surface area contributed by atoms with E-state index in [1.807, 2.05) is 6.08 Å². The fraction of sp³-hybridized carbons (Fsp3) is 0.818. The first-order chi connectivity index (χ1) is 5.77. The molecular formula is C11H19N. The topological polar surface area (TPSA) is 12.0 Å². The summed E-state index contributed by atoms with van der Waals surface area (Å²) >= 11 is 0. The molecule has 0 aromatic heterocycles. The van der Waals surface area contributed by atoms with Crippen molar-refractivity contribution in [1.29, 1.82) is 0 Å². The first-order valence-corrected chi connectivity index (χ1v) is 5.11. The lowest BCUT2D eigenvalue weighted by Crippen LogP contribution is -2.39. The number of rotatable bonds is 3. The van der Waals surface area contributed by atoms with Crippen LogP contribution >= 0.6 is 0 Å². The van der Waals surface area contributed by atoms with E-state index in [0.717, 1.165) is 18.5 Å². The zero-order valence-electron chi connectivity index (χ0n) is 7.97. The Morgan fingerprint density at radius 2 is 2.42 bits per heavy atom. The highest BCUT2D eigenvalue weighted by Gasteiger charge is 2.56. The molecule has 68 valence electrons. The summed E-state index contributed by atoms with van der Waals surface area (Å²) in [6, 6.07) is 0.772. The van der Waals surface area contributed by atoms with Gasteiger partial charge in [-0.15, -0.1) is 6.58 Å². The molecule has 0 saturated heterocycles. The first-order valence-electron chi connectivity index (χ1n) is 5.11. The average molecular weight is 165 g/mol. The average Bonchev–Trinajstić information content (AvgIpc) is 2.73. The molecule has 0 amide bonds. The fourth-order valence-electron chi connectivity index (χ4n) is 2.79. The highest BCUT2D eigenvalue weighted by atomic mass is 15.0. The van der Waals surface area contributed by atoms with Gasteiger partial charge in [0, 0.05) is 12.6 Å². The molecule has 2 saturated carbocycles. The summed E-state index contributed by atoms with van der Waals surface area (Å²) in [5.74, 6) is 1.04. The van der Waals surface area contributed by atoms with Gasteiger partial charge in [-0.05, 0) is 30.6 Å². The van der Waals surface area contributed by atoms with Gasteiger partial charge in [-0.2, -0.15) is 0 Å². The Labute approximate surface area is 75.2 Å². The first kappa shape index (κ1) is 8.31. The Bertz CT molecular complexity index is 187. The molecule has 2 aliphatic rings. The molecule has 12 heavy (non-hydrogen) atoms. The summed E-state index contributed by atoms with van der Waals surface area (Å²) in [7, 11) is 0. The van der Waals surface area contributed by atoms with Crippen molar-refractivity contribution < 1.29 is 0 Å². The van der Waals surface area contributed by atoms with E-state index < -0.39 is 0 Å². The summed E-state index contributed by atoms with van der Waals surface area (Å²) in [5, 5.41) is 3.59. The summed E-state index contributed by atoms with van der Waals surface area (Å²) in [6.45, 7) is 7.17. The largest absolute Gasteiger partial charge is 0.310 e. The summed E-state index contributed by atoms with van der Waals surface area (Å²) in [4.78, 5) is 0. The van der Waals surface area contributed by atoms with Gasteiger partial charge < -0.3 is 5.32 Å². The molecule has 0 heterocycles. The fourth-order valence-corrected chi connectivity index (χ4v) is 2.79. The van der Waals surface area contributed by atoms with Gasteiger partial charge in [0.05, 0.1) is 0 Å². The number of fused-ring (bicyclic) bond motifs is 1. The third-order valence-corrected chi connectivity index (χ3v) is 3.81. The molecule has 1 N–H and O–H groups in total. The van der Waals surface area contributed by atoms with E-state index in [-0.39, 0.29) is 0 Å². The predicted octanol–water partition coefficient (Wildman–Crippen LogP) is 2.34. The van der Waals surface area contributed by atoms with Crippen LogP contribution in [0.15, 0.2) is 12.7 Å². The highest BCUT2D eigenvalue weighted by Crippen LogP contribution is 2.60. The second kappa shape index (κ2) is 2.88. The molecule has 1 nitrogen and oxygen atoms in total. The SMILES string of the molecule is C=CCNC1CCCC2CC21C. The van der Waals surface area contributed by atoms with Gasteiger partial charge in [0.25, 0.3) is 0 Å². The minimum Gasteiger partial charge on any atom is -0.310 e. The zero-order chi connectivity index (χ0) is 8.60. The molecule has 0 aliphatic heterocycles. The molecule has 3 atom stereocenters. The van der Waals surface area contributed by atoms with E-state index in [2.05, 4.69) is 18.8 Å². The lowest BCUT2D eigenvalue weighted by molar-refractivity contribution is 0.269. The second-order valence-corrected chi connectivity index (χ2v) is 4.59. The second-order valence-electron chi connectivity index (χ2n) is 4.59. The van der Waals surface area contributed by atoms with Crippen molar-refractivity contribution in [1.82, 2.24) is 5.32 Å². The molecule has 2 fully saturated rings. The van der Waals surface area contributed by atoms with Crippen molar-refractivity contribution >= 4 is 0 Å². The number of hydrogen-bond acceptors (Lipinski definition) is 1. The third kappa shape index (κ3) is 1.20. The van der Waals surface area contributed by atoms with Gasteiger partial charge in [0.15, 0.2) is 0 Å². The Kier molecular flexibility index (Phi) is 1.99. The Hall–Kier alpha value is -0.300. The summed E-state index contributed by atoms with van der Waals surface area (Å²) < 4.78 is 0. The molecule has 0 spiro atoms. The van der Waals surface area contributed by atoms with E-state index in [4.69, 9.17) is 0 Å². The van der Waals surface area contributed by atoms with E-state index >= 15 is 0 Å². The lowest BCUT2D eigenvalue weighted by atomic mass is 9.85. The Morgan fingerprint density at radius 1 is 1.58 bits per heavy atom. The highest BCUT2D eigenvalue weighted by molar-refractivity contribution is 5.09. The van der Waals surface area contributed by atoms with Crippen molar-refractivity contribution in [2.45, 2.75) is 38.6 Å². The number of hydrogen-bond donors (Lipinski definition) is 1. The third-order valence-electron chi connectivity index (χ3n) is 3.81. The van der Waals surface area contributed by atoms with Crippen molar-refractivity contribution in [3.63, 3.8) is 0 Å². The quantitative estimate of drug-likeness (QED) is 0.633. The van der Waals surface area contributed by atoms with Gasteiger partial charge in [-0.3, -0.25) is 0 Å². The van der Waals surface area contributed by atoms with Crippen molar-refractivity contribution in [2.75, 3.05) is 6.54 Å². The molecule has 2 rings (SSSR count). The van der Waals surface area contributed by atoms with E-state index in [1.165, 1.54) is 25.7 Å². The molecule has 0 aromatic rings. The number of nitrogens with one attached hydrogen (secondary N) is 1. The molecule has 0 radical (unpaired) electrons. The summed E-state index contributed by atoms with van der Waals surface area (Å²) in [6.07, 6.45) is 7.70. The Morgan fingerprint density at radius 3 is 3.17 bits per heavy atom. The van der Waals surface area contributed by atoms with Crippen LogP contribution < -0.4 is 5.32 Å². The van der Waals surface area contributed by atoms with Gasteiger partial charge >= 0.3 is 0 Å². The van der Waals surface area contributed by atoms with E-state index in [1.54, 1.807) is 0 Å². The molecule has 0 bridgehead atoms. The predicted molar refractivity (Wildman–Crippen MR) is 52.1 cm³/mol. The molecule has 1 heteroatoms. The lowest BCUT2D eigenvalue weighted by Gasteiger charge is -2.29. The van der Waals surface area contributed by atoms with Gasteiger partial charge in [-0.25, -0.2) is 0 Å². The van der Waals surface area contributed by atoms with Crippen LogP contribution in [0.2, 0.25) is 0 Å². The van der Waals surface area contributed by atoms with Gasteiger partial charge in [-0.1, -0.05) is 19.4 Å². The van der Waals surface area contributed by atoms with Crippen molar-refractivity contribution in [2.24, 2.45) is 11.3 Å². The normalized spacial score (nSPS) is 45.1.